The molecule has 2 saturated heterocycles. The third-order valence-electron chi connectivity index (χ3n) is 6.85. The Morgan fingerprint density at radius 3 is 2.27 bits per heavy atom. The van der Waals surface area contributed by atoms with Gasteiger partial charge in [-0.1, -0.05) is 48.5 Å². The van der Waals surface area contributed by atoms with Gasteiger partial charge in [-0.3, -0.25) is 9.69 Å². The van der Waals surface area contributed by atoms with Crippen molar-refractivity contribution < 1.29 is 19.4 Å². The highest BCUT2D eigenvalue weighted by molar-refractivity contribution is 5.79. The molecule has 2 aromatic carbocycles. The predicted octanol–water partition coefficient (Wildman–Crippen LogP) is 3.42. The van der Waals surface area contributed by atoms with Crippen LogP contribution in [0.1, 0.15) is 29.9 Å². The van der Waals surface area contributed by atoms with Gasteiger partial charge in [0, 0.05) is 38.1 Å². The molecule has 0 aromatic heterocycles. The van der Waals surface area contributed by atoms with E-state index in [9.17, 15) is 14.7 Å². The highest BCUT2D eigenvalue weighted by Crippen LogP contribution is 2.44. The number of hydrogen-bond acceptors (Lipinski definition) is 4. The fourth-order valence-electron chi connectivity index (χ4n) is 5.23. The van der Waals surface area contributed by atoms with Gasteiger partial charge in [0.15, 0.2) is 0 Å². The molecule has 0 saturated carbocycles. The molecule has 0 unspecified atom stereocenters. The highest BCUT2D eigenvalue weighted by Gasteiger charge is 2.37. The maximum Gasteiger partial charge on any atom is 0.409 e. The molecule has 6 heteroatoms. The molecular formula is C24H26N2O4. The van der Waals surface area contributed by atoms with Crippen molar-refractivity contribution in [2.75, 3.05) is 32.8 Å². The molecule has 6 nitrogen and oxygen atoms in total. The Kier molecular flexibility index (Phi) is 4.95. The van der Waals surface area contributed by atoms with Gasteiger partial charge in [0.05, 0.1) is 5.92 Å². The van der Waals surface area contributed by atoms with Crippen LogP contribution in [0.3, 0.4) is 0 Å². The Bertz CT molecular complexity index is 930. The van der Waals surface area contributed by atoms with Crippen molar-refractivity contribution in [2.45, 2.75) is 24.8 Å². The molecule has 1 amide bonds. The summed E-state index contributed by atoms with van der Waals surface area (Å²) in [6, 6.07) is 16.9. The van der Waals surface area contributed by atoms with Gasteiger partial charge in [-0.05, 0) is 35.1 Å². The molecule has 2 aromatic rings. The SMILES string of the molecule is O=C(O)[C@@H]1CC[C@@H]2CN(C(=O)OCC3c4ccccc4-c4ccccc43)CCN2C1. The van der Waals surface area contributed by atoms with Crippen molar-refractivity contribution in [3.63, 3.8) is 0 Å². The van der Waals surface area contributed by atoms with Crippen LogP contribution >= 0.6 is 0 Å². The zero-order valence-corrected chi connectivity index (χ0v) is 16.9. The lowest BCUT2D eigenvalue weighted by molar-refractivity contribution is -0.144. The van der Waals surface area contributed by atoms with E-state index in [2.05, 4.69) is 29.2 Å². The largest absolute Gasteiger partial charge is 0.481 e. The number of piperazine rings is 1. The number of nitrogens with zero attached hydrogens (tertiary/aromatic N) is 2. The average molecular weight is 406 g/mol. The molecule has 0 spiro atoms. The molecule has 2 heterocycles. The number of amides is 1. The summed E-state index contributed by atoms with van der Waals surface area (Å²) in [5, 5.41) is 9.27. The van der Waals surface area contributed by atoms with E-state index in [-0.39, 0.29) is 24.0 Å². The lowest BCUT2D eigenvalue weighted by Gasteiger charge is -2.45. The summed E-state index contributed by atoms with van der Waals surface area (Å²) in [6.45, 7) is 2.82. The first-order chi connectivity index (χ1) is 14.6. The first-order valence-corrected chi connectivity index (χ1v) is 10.7. The number of rotatable bonds is 3. The van der Waals surface area contributed by atoms with Gasteiger partial charge in [-0.25, -0.2) is 4.79 Å². The zero-order valence-electron chi connectivity index (χ0n) is 16.9. The lowest BCUT2D eigenvalue weighted by atomic mass is 9.91. The van der Waals surface area contributed by atoms with Gasteiger partial charge in [0.25, 0.3) is 0 Å². The van der Waals surface area contributed by atoms with Crippen LogP contribution in [-0.4, -0.2) is 65.8 Å². The van der Waals surface area contributed by atoms with E-state index < -0.39 is 5.97 Å². The number of piperidine rings is 1. The predicted molar refractivity (Wildman–Crippen MR) is 112 cm³/mol. The van der Waals surface area contributed by atoms with Crippen LogP contribution in [0.4, 0.5) is 4.79 Å². The molecule has 2 aliphatic heterocycles. The molecule has 0 bridgehead atoms. The molecule has 30 heavy (non-hydrogen) atoms. The summed E-state index contributed by atoms with van der Waals surface area (Å²) >= 11 is 0. The topological polar surface area (TPSA) is 70.1 Å². The number of carboxylic acid groups (broad SMARTS) is 1. The maximum atomic E-state index is 12.8. The standard InChI is InChI=1S/C24H26N2O4/c27-23(28)16-9-10-17-14-26(12-11-25(17)13-16)24(29)30-15-22-20-7-3-1-5-18(20)19-6-2-4-8-21(19)22/h1-8,16-17,22H,9-15H2,(H,27,28)/t16-,17-/m1/s1. The van der Waals surface area contributed by atoms with Gasteiger partial charge in [0.2, 0.25) is 0 Å². The highest BCUT2D eigenvalue weighted by atomic mass is 16.6. The van der Waals surface area contributed by atoms with Crippen LogP contribution in [0, 0.1) is 5.92 Å². The third kappa shape index (κ3) is 3.35. The number of ether oxygens (including phenoxy) is 1. The van der Waals surface area contributed by atoms with E-state index in [1.54, 1.807) is 4.90 Å². The number of hydrogen-bond donors (Lipinski definition) is 1. The summed E-state index contributed by atoms with van der Waals surface area (Å²) in [4.78, 5) is 28.1. The van der Waals surface area contributed by atoms with Crippen molar-refractivity contribution in [3.8, 4) is 11.1 Å². The Morgan fingerprint density at radius 2 is 1.60 bits per heavy atom. The third-order valence-corrected chi connectivity index (χ3v) is 6.85. The van der Waals surface area contributed by atoms with E-state index in [1.807, 2.05) is 24.3 Å². The molecule has 1 N–H and O–H groups in total. The number of carboxylic acids is 1. The second kappa shape index (κ2) is 7.76. The summed E-state index contributed by atoms with van der Waals surface area (Å²) in [6.07, 6.45) is 1.22. The number of benzene rings is 2. The molecule has 1 aliphatic carbocycles. The van der Waals surface area contributed by atoms with Crippen molar-refractivity contribution in [3.05, 3.63) is 59.7 Å². The number of aliphatic carboxylic acids is 1. The monoisotopic (exact) mass is 406 g/mol. The normalized spacial score (nSPS) is 23.4. The van der Waals surface area contributed by atoms with Crippen LogP contribution in [0.15, 0.2) is 48.5 Å². The number of carbonyl (C=O) groups is 2. The first kappa shape index (κ1) is 19.1. The minimum atomic E-state index is -0.715. The van der Waals surface area contributed by atoms with E-state index in [0.29, 0.717) is 39.2 Å². The minimum absolute atomic E-state index is 0.0636. The summed E-state index contributed by atoms with van der Waals surface area (Å²) in [5.74, 6) is -0.941. The summed E-state index contributed by atoms with van der Waals surface area (Å²) in [7, 11) is 0. The number of carbonyl (C=O) groups excluding carboxylic acids is 1. The van der Waals surface area contributed by atoms with E-state index in [0.717, 1.165) is 6.42 Å². The van der Waals surface area contributed by atoms with Crippen molar-refractivity contribution in [1.82, 2.24) is 9.80 Å². The van der Waals surface area contributed by atoms with Gasteiger partial charge >= 0.3 is 12.1 Å². The molecular weight excluding hydrogens is 380 g/mol. The van der Waals surface area contributed by atoms with Gasteiger partial charge < -0.3 is 14.7 Å². The van der Waals surface area contributed by atoms with Gasteiger partial charge in [-0.2, -0.15) is 0 Å². The van der Waals surface area contributed by atoms with Gasteiger partial charge in [0.1, 0.15) is 6.61 Å². The van der Waals surface area contributed by atoms with Gasteiger partial charge in [-0.15, -0.1) is 0 Å². The van der Waals surface area contributed by atoms with Crippen molar-refractivity contribution in [1.29, 1.82) is 0 Å². The Morgan fingerprint density at radius 1 is 0.933 bits per heavy atom. The van der Waals surface area contributed by atoms with Crippen LogP contribution in [-0.2, 0) is 9.53 Å². The van der Waals surface area contributed by atoms with E-state index in [4.69, 9.17) is 4.74 Å². The molecule has 0 radical (unpaired) electrons. The van der Waals surface area contributed by atoms with E-state index >= 15 is 0 Å². The number of fused-ring (bicyclic) bond motifs is 4. The van der Waals surface area contributed by atoms with Crippen molar-refractivity contribution >= 4 is 12.1 Å². The Hall–Kier alpha value is -2.86. The zero-order chi connectivity index (χ0) is 20.7. The molecule has 3 aliphatic rings. The van der Waals surface area contributed by atoms with E-state index in [1.165, 1.54) is 22.3 Å². The quantitative estimate of drug-likeness (QED) is 0.846. The fourth-order valence-corrected chi connectivity index (χ4v) is 5.23. The van der Waals surface area contributed by atoms with Crippen LogP contribution < -0.4 is 0 Å². The minimum Gasteiger partial charge on any atom is -0.481 e. The second-order valence-electron chi connectivity index (χ2n) is 8.51. The summed E-state index contributed by atoms with van der Waals surface area (Å²) in [5.41, 5.74) is 4.86. The second-order valence-corrected chi connectivity index (χ2v) is 8.51. The van der Waals surface area contributed by atoms with Crippen LogP contribution in [0.25, 0.3) is 11.1 Å². The molecule has 156 valence electrons. The van der Waals surface area contributed by atoms with Crippen LogP contribution in [0.2, 0.25) is 0 Å². The Labute approximate surface area is 176 Å². The molecule has 2 fully saturated rings. The molecule has 5 rings (SSSR count). The average Bonchev–Trinajstić information content (AvgIpc) is 3.10. The smallest absolute Gasteiger partial charge is 0.409 e. The fraction of sp³-hybridized carbons (Fsp3) is 0.417. The van der Waals surface area contributed by atoms with Crippen molar-refractivity contribution in [2.24, 2.45) is 5.92 Å². The summed E-state index contributed by atoms with van der Waals surface area (Å²) < 4.78 is 5.79. The maximum absolute atomic E-state index is 12.8. The van der Waals surface area contributed by atoms with Crippen LogP contribution in [0.5, 0.6) is 0 Å². The molecule has 2 atom stereocenters. The lowest BCUT2D eigenvalue weighted by Crippen LogP contribution is -2.58. The Balaban J connectivity index is 1.23. The first-order valence-electron chi connectivity index (χ1n) is 10.7.